The number of halogens is 2. The van der Waals surface area contributed by atoms with Crippen molar-refractivity contribution < 1.29 is 14.5 Å². The molecule has 1 atom stereocenters. The van der Waals surface area contributed by atoms with Gasteiger partial charge in [-0.15, -0.1) is 24.8 Å². The Morgan fingerprint density at radius 1 is 1.19 bits per heavy atom. The van der Waals surface area contributed by atoms with Crippen LogP contribution >= 0.6 is 24.8 Å². The van der Waals surface area contributed by atoms with Crippen LogP contribution < -0.4 is 27.8 Å². The van der Waals surface area contributed by atoms with Crippen LogP contribution in [0.4, 0.5) is 11.4 Å². The zero-order valence-electron chi connectivity index (χ0n) is 14.3. The van der Waals surface area contributed by atoms with Gasteiger partial charge < -0.3 is 27.8 Å². The molecule has 0 radical (unpaired) electrons. The van der Waals surface area contributed by atoms with Gasteiger partial charge in [-0.25, -0.2) is 0 Å². The predicted molar refractivity (Wildman–Crippen MR) is 107 cm³/mol. The van der Waals surface area contributed by atoms with Gasteiger partial charge in [0.1, 0.15) is 6.04 Å². The molecule has 0 aliphatic carbocycles. The molecule has 2 amide bonds. The second-order valence-corrected chi connectivity index (χ2v) is 5.07. The smallest absolute Gasteiger partial charge is 0.269 e. The summed E-state index contributed by atoms with van der Waals surface area (Å²) in [5, 5.41) is 15.7. The molecule has 152 valence electrons. The van der Waals surface area contributed by atoms with Gasteiger partial charge in [-0.05, 0) is 25.0 Å². The summed E-state index contributed by atoms with van der Waals surface area (Å²) in [6.45, 7) is 0.0529. The van der Waals surface area contributed by atoms with E-state index in [1.807, 2.05) is 0 Å². The molecule has 27 heavy (non-hydrogen) atoms. The Morgan fingerprint density at radius 3 is 2.26 bits per heavy atom. The molecule has 0 unspecified atom stereocenters. The van der Waals surface area contributed by atoms with E-state index in [-0.39, 0.29) is 43.0 Å². The fourth-order valence-electron chi connectivity index (χ4n) is 1.92. The Bertz CT molecular complexity index is 651. The van der Waals surface area contributed by atoms with Gasteiger partial charge in [0.15, 0.2) is 5.96 Å². The van der Waals surface area contributed by atoms with E-state index < -0.39 is 22.8 Å². The van der Waals surface area contributed by atoms with E-state index in [4.69, 9.17) is 17.2 Å². The highest BCUT2D eigenvalue weighted by Gasteiger charge is 2.20. The number of nitrogens with two attached hydrogens (primary N) is 3. The summed E-state index contributed by atoms with van der Waals surface area (Å²) in [5.41, 5.74) is 16.0. The first-order valence-electron chi connectivity index (χ1n) is 7.43. The fraction of sp³-hybridized carbons (Fsp3) is 0.357. The number of non-ortho nitro benzene ring substituents is 1. The lowest BCUT2D eigenvalue weighted by Crippen LogP contribution is -2.46. The number of aliphatic imine (C=N–C) groups is 1. The van der Waals surface area contributed by atoms with Gasteiger partial charge in [-0.2, -0.15) is 0 Å². The summed E-state index contributed by atoms with van der Waals surface area (Å²) < 4.78 is 0. The Kier molecular flexibility index (Phi) is 13.4. The number of hydrogen-bond donors (Lipinski definition) is 5. The third-order valence-corrected chi connectivity index (χ3v) is 3.13. The maximum Gasteiger partial charge on any atom is 0.269 e. The number of nitro groups is 1. The van der Waals surface area contributed by atoms with Gasteiger partial charge in [-0.3, -0.25) is 24.7 Å². The van der Waals surface area contributed by atoms with Crippen LogP contribution in [0, 0.1) is 10.1 Å². The van der Waals surface area contributed by atoms with Gasteiger partial charge in [0, 0.05) is 24.4 Å². The number of nitro benzene ring substituents is 1. The van der Waals surface area contributed by atoms with Gasteiger partial charge in [0.05, 0.1) is 11.5 Å². The van der Waals surface area contributed by atoms with Crippen molar-refractivity contribution in [2.24, 2.45) is 22.2 Å². The van der Waals surface area contributed by atoms with E-state index in [2.05, 4.69) is 15.6 Å². The molecule has 0 heterocycles. The number of hydrogen-bond acceptors (Lipinski definition) is 6. The number of nitrogens with one attached hydrogen (secondary N) is 2. The minimum absolute atomic E-state index is 0. The number of nitrogens with zero attached hydrogens (tertiary/aromatic N) is 2. The number of benzene rings is 1. The number of guanidine groups is 1. The Morgan fingerprint density at radius 2 is 1.78 bits per heavy atom. The van der Waals surface area contributed by atoms with Crippen molar-refractivity contribution >= 4 is 54.0 Å². The molecule has 0 saturated carbocycles. The average molecular weight is 424 g/mol. The van der Waals surface area contributed by atoms with Crippen molar-refractivity contribution in [1.82, 2.24) is 5.32 Å². The van der Waals surface area contributed by atoms with E-state index in [0.717, 1.165) is 0 Å². The molecule has 13 heteroatoms. The van der Waals surface area contributed by atoms with Gasteiger partial charge >= 0.3 is 0 Å². The molecule has 0 aliphatic heterocycles. The van der Waals surface area contributed by atoms with E-state index in [0.29, 0.717) is 25.1 Å². The number of amides is 2. The van der Waals surface area contributed by atoms with Crippen molar-refractivity contribution in [3.8, 4) is 0 Å². The standard InChI is InChI=1S/C14H21N7O4.2ClH/c15-8-12(22)20-11(2-1-7-18-14(16)17)13(23)19-9-3-5-10(6-4-9)21(24)25;;/h3-6,11H,1-2,7-8,15H2,(H,19,23)(H,20,22)(H4,16,17,18);2*1H/t11-;;/m0../s1. The molecule has 1 aromatic rings. The highest BCUT2D eigenvalue weighted by molar-refractivity contribution is 5.97. The zero-order valence-corrected chi connectivity index (χ0v) is 15.9. The van der Waals surface area contributed by atoms with Crippen molar-refractivity contribution in [3.05, 3.63) is 34.4 Å². The molecule has 8 N–H and O–H groups in total. The number of carbonyl (C=O) groups excluding carboxylic acids is 2. The van der Waals surface area contributed by atoms with E-state index in [9.17, 15) is 19.7 Å². The third kappa shape index (κ3) is 10.2. The highest BCUT2D eigenvalue weighted by Crippen LogP contribution is 2.16. The van der Waals surface area contributed by atoms with Crippen molar-refractivity contribution in [1.29, 1.82) is 0 Å². The number of rotatable bonds is 9. The summed E-state index contributed by atoms with van der Waals surface area (Å²) >= 11 is 0. The molecule has 0 aromatic heterocycles. The SMILES string of the molecule is Cl.Cl.NCC(=O)N[C@@H](CCCN=C(N)N)C(=O)Nc1ccc([N+](=O)[O-])cc1. The normalized spacial score (nSPS) is 10.4. The lowest BCUT2D eigenvalue weighted by Gasteiger charge is -2.18. The van der Waals surface area contributed by atoms with Crippen LogP contribution in [-0.2, 0) is 9.59 Å². The van der Waals surface area contributed by atoms with Crippen LogP contribution in [0.2, 0.25) is 0 Å². The first-order chi connectivity index (χ1) is 11.8. The second kappa shape index (κ2) is 13.6. The second-order valence-electron chi connectivity index (χ2n) is 5.07. The summed E-state index contributed by atoms with van der Waals surface area (Å²) in [6.07, 6.45) is 0.752. The summed E-state index contributed by atoms with van der Waals surface area (Å²) in [4.78, 5) is 37.7. The monoisotopic (exact) mass is 423 g/mol. The van der Waals surface area contributed by atoms with Crippen molar-refractivity contribution in [2.45, 2.75) is 18.9 Å². The first-order valence-corrected chi connectivity index (χ1v) is 7.43. The molecular formula is C14H23Cl2N7O4. The minimum Gasteiger partial charge on any atom is -0.370 e. The lowest BCUT2D eigenvalue weighted by atomic mass is 10.1. The molecule has 11 nitrogen and oxygen atoms in total. The van der Waals surface area contributed by atoms with E-state index in [1.165, 1.54) is 24.3 Å². The van der Waals surface area contributed by atoms with Gasteiger partial charge in [0.2, 0.25) is 11.8 Å². The molecule has 0 fully saturated rings. The molecule has 1 aromatic carbocycles. The average Bonchev–Trinajstić information content (AvgIpc) is 2.57. The zero-order chi connectivity index (χ0) is 18.8. The van der Waals surface area contributed by atoms with Crippen LogP contribution in [0.5, 0.6) is 0 Å². The Labute approximate surface area is 168 Å². The van der Waals surface area contributed by atoms with Gasteiger partial charge in [-0.1, -0.05) is 0 Å². The molecule has 0 spiro atoms. The molecule has 0 saturated heterocycles. The van der Waals surface area contributed by atoms with Crippen molar-refractivity contribution in [3.63, 3.8) is 0 Å². The highest BCUT2D eigenvalue weighted by atomic mass is 35.5. The van der Waals surface area contributed by atoms with Crippen LogP contribution in [0.3, 0.4) is 0 Å². The summed E-state index contributed by atoms with van der Waals surface area (Å²) in [6, 6.07) is 4.50. The maximum absolute atomic E-state index is 12.3. The Hall–Kier alpha value is -2.63. The molecule has 1 rings (SSSR count). The van der Waals surface area contributed by atoms with E-state index >= 15 is 0 Å². The quantitative estimate of drug-likeness (QED) is 0.120. The lowest BCUT2D eigenvalue weighted by molar-refractivity contribution is -0.384. The largest absolute Gasteiger partial charge is 0.370 e. The summed E-state index contributed by atoms with van der Waals surface area (Å²) in [5.74, 6) is -1.01. The molecule has 0 bridgehead atoms. The molecular weight excluding hydrogens is 401 g/mol. The van der Waals surface area contributed by atoms with Gasteiger partial charge in [0.25, 0.3) is 5.69 Å². The summed E-state index contributed by atoms with van der Waals surface area (Å²) in [7, 11) is 0. The molecule has 0 aliphatic rings. The topological polar surface area (TPSA) is 192 Å². The Balaban J connectivity index is 0. The predicted octanol–water partition coefficient (Wildman–Crippen LogP) is -0.126. The minimum atomic E-state index is -0.833. The number of anilines is 1. The first kappa shape index (κ1) is 26.6. The van der Waals surface area contributed by atoms with Crippen LogP contribution in [0.1, 0.15) is 12.8 Å². The maximum atomic E-state index is 12.3. The third-order valence-electron chi connectivity index (χ3n) is 3.13. The van der Waals surface area contributed by atoms with Crippen LogP contribution in [0.25, 0.3) is 0 Å². The van der Waals surface area contributed by atoms with E-state index in [1.54, 1.807) is 0 Å². The number of carbonyl (C=O) groups is 2. The van der Waals surface area contributed by atoms with Crippen molar-refractivity contribution in [2.75, 3.05) is 18.4 Å². The van der Waals surface area contributed by atoms with Crippen LogP contribution in [-0.4, -0.2) is 41.8 Å². The van der Waals surface area contributed by atoms with Crippen LogP contribution in [0.15, 0.2) is 29.3 Å². The fourth-order valence-corrected chi connectivity index (χ4v) is 1.92.